The van der Waals surface area contributed by atoms with E-state index in [1.54, 1.807) is 33.7 Å². The number of anilines is 2. The number of rotatable bonds is 10. The van der Waals surface area contributed by atoms with Gasteiger partial charge in [-0.25, -0.2) is 0 Å². The molecule has 3 rings (SSSR count). The maximum absolute atomic E-state index is 13.2. The SMILES string of the molecule is CC.CC.Cc1cccc(C)c1NC(=O)CN(C)CC(=O)N1CCOCCOCCN(C(=O)CN(C)CC(=O)Nc2c(C)cccc2C)CCOCCOCC1. The third-order valence-corrected chi connectivity index (χ3v) is 8.60. The molecule has 14 nitrogen and oxygen atoms in total. The zero-order valence-corrected chi connectivity index (χ0v) is 35.8. The molecule has 0 spiro atoms. The zero-order chi connectivity index (χ0) is 41.9. The first-order valence-corrected chi connectivity index (χ1v) is 19.9. The second kappa shape index (κ2) is 29.3. The van der Waals surface area contributed by atoms with Gasteiger partial charge in [-0.2, -0.15) is 0 Å². The van der Waals surface area contributed by atoms with Crippen LogP contribution < -0.4 is 10.6 Å². The number of carbonyl (C=O) groups excluding carboxylic acids is 4. The van der Waals surface area contributed by atoms with Crippen LogP contribution in [0.1, 0.15) is 49.9 Å². The van der Waals surface area contributed by atoms with Gasteiger partial charge < -0.3 is 39.4 Å². The van der Waals surface area contributed by atoms with Gasteiger partial charge in [0.25, 0.3) is 0 Å². The molecule has 1 fully saturated rings. The number of benzene rings is 2. The lowest BCUT2D eigenvalue weighted by Crippen LogP contribution is -2.44. The molecule has 2 N–H and O–H groups in total. The lowest BCUT2D eigenvalue weighted by Gasteiger charge is -2.26. The van der Waals surface area contributed by atoms with Crippen molar-refractivity contribution < 1.29 is 38.1 Å². The highest BCUT2D eigenvalue weighted by Gasteiger charge is 2.20. The van der Waals surface area contributed by atoms with Crippen LogP contribution in [0.25, 0.3) is 0 Å². The molecule has 1 heterocycles. The minimum absolute atomic E-state index is 0.0671. The van der Waals surface area contributed by atoms with Crippen molar-refractivity contribution in [1.82, 2.24) is 19.6 Å². The number of ether oxygens (including phenoxy) is 4. The highest BCUT2D eigenvalue weighted by molar-refractivity contribution is 5.94. The van der Waals surface area contributed by atoms with E-state index in [1.165, 1.54) is 0 Å². The van der Waals surface area contributed by atoms with Crippen LogP contribution in [0.5, 0.6) is 0 Å². The van der Waals surface area contributed by atoms with Gasteiger partial charge in [-0.15, -0.1) is 0 Å². The van der Waals surface area contributed by atoms with E-state index < -0.39 is 0 Å². The number of carbonyl (C=O) groups is 4. The molecule has 0 aliphatic carbocycles. The van der Waals surface area contributed by atoms with Crippen LogP contribution in [0.2, 0.25) is 0 Å². The molecule has 4 amide bonds. The molecule has 1 aliphatic rings. The number of nitrogens with zero attached hydrogens (tertiary/aromatic N) is 4. The first kappa shape index (κ1) is 50.1. The molecule has 1 aliphatic heterocycles. The third kappa shape index (κ3) is 19.8. The van der Waals surface area contributed by atoms with Crippen molar-refractivity contribution in [2.45, 2.75) is 55.4 Å². The van der Waals surface area contributed by atoms with Crippen LogP contribution in [-0.2, 0) is 38.1 Å². The second-order valence-electron chi connectivity index (χ2n) is 13.2. The molecule has 0 saturated carbocycles. The molecule has 0 bridgehead atoms. The van der Waals surface area contributed by atoms with Crippen LogP contribution in [0.4, 0.5) is 11.4 Å². The Kier molecular flexibility index (Phi) is 26.2. The van der Waals surface area contributed by atoms with Gasteiger partial charge in [0.15, 0.2) is 0 Å². The smallest absolute Gasteiger partial charge is 0.238 e. The highest BCUT2D eigenvalue weighted by Crippen LogP contribution is 2.20. The normalized spacial score (nSPS) is 15.0. The summed E-state index contributed by atoms with van der Waals surface area (Å²) in [5.74, 6) is -0.636. The van der Waals surface area contributed by atoms with E-state index in [9.17, 15) is 19.2 Å². The zero-order valence-electron chi connectivity index (χ0n) is 35.8. The van der Waals surface area contributed by atoms with E-state index in [4.69, 9.17) is 18.9 Å². The summed E-state index contributed by atoms with van der Waals surface area (Å²) in [5, 5.41) is 5.93. The molecule has 2 aromatic carbocycles. The van der Waals surface area contributed by atoms with E-state index in [1.807, 2.05) is 91.8 Å². The Morgan fingerprint density at radius 3 is 1.04 bits per heavy atom. The summed E-state index contributed by atoms with van der Waals surface area (Å²) in [7, 11) is 3.48. The van der Waals surface area contributed by atoms with Crippen molar-refractivity contribution in [1.29, 1.82) is 0 Å². The summed E-state index contributed by atoms with van der Waals surface area (Å²) < 4.78 is 23.0. The predicted octanol–water partition coefficient (Wildman–Crippen LogP) is 4.15. The fourth-order valence-corrected chi connectivity index (χ4v) is 5.71. The summed E-state index contributed by atoms with van der Waals surface area (Å²) in [6.45, 7) is 20.0. The summed E-state index contributed by atoms with van der Waals surface area (Å²) in [6.07, 6.45) is 0. The molecular formula is C42H70N6O8. The third-order valence-electron chi connectivity index (χ3n) is 8.60. The molecule has 316 valence electrons. The fourth-order valence-electron chi connectivity index (χ4n) is 5.71. The van der Waals surface area contributed by atoms with Gasteiger partial charge in [-0.3, -0.25) is 29.0 Å². The van der Waals surface area contributed by atoms with Crippen LogP contribution >= 0.6 is 0 Å². The number of nitrogens with one attached hydrogen (secondary N) is 2. The average molecular weight is 787 g/mol. The van der Waals surface area contributed by atoms with Crippen molar-refractivity contribution >= 4 is 35.0 Å². The van der Waals surface area contributed by atoms with Crippen molar-refractivity contribution in [3.63, 3.8) is 0 Å². The van der Waals surface area contributed by atoms with Crippen molar-refractivity contribution in [3.8, 4) is 0 Å². The number of likely N-dealkylation sites (N-methyl/N-ethyl adjacent to an activating group) is 2. The van der Waals surface area contributed by atoms with E-state index in [0.29, 0.717) is 79.0 Å². The number of para-hydroxylation sites is 2. The largest absolute Gasteiger partial charge is 0.377 e. The van der Waals surface area contributed by atoms with Crippen molar-refractivity contribution in [2.75, 3.05) is 130 Å². The molecule has 0 atom stereocenters. The number of aryl methyl sites for hydroxylation is 4. The van der Waals surface area contributed by atoms with E-state index in [-0.39, 0.29) is 49.8 Å². The van der Waals surface area contributed by atoms with Gasteiger partial charge >= 0.3 is 0 Å². The number of amides is 4. The van der Waals surface area contributed by atoms with E-state index >= 15 is 0 Å². The summed E-state index contributed by atoms with van der Waals surface area (Å²) in [5.41, 5.74) is 5.52. The summed E-state index contributed by atoms with van der Waals surface area (Å²) in [6, 6.07) is 11.7. The maximum Gasteiger partial charge on any atom is 0.238 e. The average Bonchev–Trinajstić information content (AvgIpc) is 3.16. The minimum atomic E-state index is -0.187. The Morgan fingerprint density at radius 2 is 0.768 bits per heavy atom. The first-order valence-electron chi connectivity index (χ1n) is 19.9. The minimum Gasteiger partial charge on any atom is -0.377 e. The molecule has 2 aromatic rings. The second-order valence-corrected chi connectivity index (χ2v) is 13.2. The Bertz CT molecular complexity index is 1290. The maximum atomic E-state index is 13.2. The lowest BCUT2D eigenvalue weighted by molar-refractivity contribution is -0.136. The molecule has 0 unspecified atom stereocenters. The molecule has 0 radical (unpaired) electrons. The van der Waals surface area contributed by atoms with Crippen molar-refractivity contribution in [2.24, 2.45) is 0 Å². The quantitative estimate of drug-likeness (QED) is 0.361. The van der Waals surface area contributed by atoms with E-state index in [2.05, 4.69) is 10.6 Å². The molecule has 56 heavy (non-hydrogen) atoms. The monoisotopic (exact) mass is 787 g/mol. The van der Waals surface area contributed by atoms with Crippen LogP contribution in [0.15, 0.2) is 36.4 Å². The van der Waals surface area contributed by atoms with Crippen LogP contribution in [-0.4, -0.2) is 163 Å². The molecule has 14 heteroatoms. The Hall–Kier alpha value is -3.92. The first-order chi connectivity index (χ1) is 26.9. The number of hydrogen-bond acceptors (Lipinski definition) is 10. The van der Waals surface area contributed by atoms with E-state index in [0.717, 1.165) is 33.6 Å². The summed E-state index contributed by atoms with van der Waals surface area (Å²) in [4.78, 5) is 58.6. The Balaban J connectivity index is 0.00000379. The highest BCUT2D eigenvalue weighted by atomic mass is 16.5. The topological polar surface area (TPSA) is 142 Å². The standard InChI is InChI=1S/C38H58N6O8.2C2H6/c1-29-9-7-10-30(2)37(29)39-33(45)25-41(5)27-35(47)43-13-17-49-21-23-51-19-15-44(16-20-52-24-22-50-18-14-43)36(48)28-42(6)26-34(46)40-38-31(3)11-8-12-32(38)4;2*1-2/h7-12H,13-28H2,1-6H3,(H,39,45)(H,40,46);2*1-2H3. The Morgan fingerprint density at radius 1 is 0.500 bits per heavy atom. The van der Waals surface area contributed by atoms with Crippen LogP contribution in [0, 0.1) is 27.7 Å². The van der Waals surface area contributed by atoms with Crippen molar-refractivity contribution in [3.05, 3.63) is 58.7 Å². The fraction of sp³-hybridized carbons (Fsp3) is 0.619. The summed E-state index contributed by atoms with van der Waals surface area (Å²) >= 11 is 0. The molecule has 1 saturated heterocycles. The van der Waals surface area contributed by atoms with Gasteiger partial charge in [-0.05, 0) is 64.0 Å². The van der Waals surface area contributed by atoms with Gasteiger partial charge in [0, 0.05) is 37.6 Å². The lowest BCUT2D eigenvalue weighted by atomic mass is 10.1. The van der Waals surface area contributed by atoms with Gasteiger partial charge in [0.1, 0.15) is 0 Å². The number of hydrogen-bond donors (Lipinski definition) is 2. The van der Waals surface area contributed by atoms with Gasteiger partial charge in [0.2, 0.25) is 23.6 Å². The van der Waals surface area contributed by atoms with Gasteiger partial charge in [0.05, 0.1) is 79.0 Å². The van der Waals surface area contributed by atoms with Gasteiger partial charge in [-0.1, -0.05) is 64.1 Å². The predicted molar refractivity (Wildman–Crippen MR) is 223 cm³/mol. The molecule has 0 aromatic heterocycles. The Labute approximate surface area is 336 Å². The van der Waals surface area contributed by atoms with Crippen LogP contribution in [0.3, 0.4) is 0 Å². The molecular weight excluding hydrogens is 716 g/mol.